The van der Waals surface area contributed by atoms with Gasteiger partial charge in [0.1, 0.15) is 11.4 Å². The number of allylic oxidation sites excluding steroid dienone is 1. The van der Waals surface area contributed by atoms with Crippen LogP contribution in [0.2, 0.25) is 0 Å². The lowest BCUT2D eigenvalue weighted by molar-refractivity contribution is -0.113. The molecule has 4 aromatic rings. The van der Waals surface area contributed by atoms with E-state index >= 15 is 0 Å². The second kappa shape index (κ2) is 15.1. The number of rotatable bonds is 12. The fourth-order valence-corrected chi connectivity index (χ4v) is 4.33. The zero-order valence-corrected chi connectivity index (χ0v) is 25.8. The summed E-state index contributed by atoms with van der Waals surface area (Å²) in [5.74, 6) is 0.0187. The Morgan fingerprint density at radius 3 is 1.93 bits per heavy atom. The van der Waals surface area contributed by atoms with Crippen LogP contribution in [-0.4, -0.2) is 53.0 Å². The highest BCUT2D eigenvalue weighted by molar-refractivity contribution is 6.11. The Balaban J connectivity index is 1.56. The van der Waals surface area contributed by atoms with Gasteiger partial charge in [0.15, 0.2) is 17.3 Å². The summed E-state index contributed by atoms with van der Waals surface area (Å²) in [5.41, 5.74) is 3.66. The van der Waals surface area contributed by atoms with Gasteiger partial charge in [-0.3, -0.25) is 14.4 Å². The van der Waals surface area contributed by atoms with E-state index in [1.54, 1.807) is 72.8 Å². The van der Waals surface area contributed by atoms with Crippen molar-refractivity contribution in [3.63, 3.8) is 0 Å². The highest BCUT2D eigenvalue weighted by atomic mass is 16.5. The van der Waals surface area contributed by atoms with Gasteiger partial charge in [-0.2, -0.15) is 0 Å². The summed E-state index contributed by atoms with van der Waals surface area (Å²) >= 11 is 0. The Bertz CT molecular complexity index is 1710. The van der Waals surface area contributed by atoms with Crippen LogP contribution in [0.15, 0.2) is 103 Å². The van der Waals surface area contributed by atoms with Crippen LogP contribution < -0.4 is 29.7 Å². The summed E-state index contributed by atoms with van der Waals surface area (Å²) in [5, 5.41) is 5.50. The molecule has 0 saturated carbocycles. The second-order valence-electron chi connectivity index (χ2n) is 10.0. The first-order valence-corrected chi connectivity index (χ1v) is 14.0. The van der Waals surface area contributed by atoms with Gasteiger partial charge in [-0.05, 0) is 72.3 Å². The maximum atomic E-state index is 13.5. The van der Waals surface area contributed by atoms with E-state index in [1.165, 1.54) is 33.5 Å². The van der Waals surface area contributed by atoms with Crippen molar-refractivity contribution >= 4 is 41.1 Å². The Labute approximate surface area is 262 Å². The van der Waals surface area contributed by atoms with E-state index in [0.717, 1.165) is 11.3 Å². The molecule has 4 rings (SSSR count). The number of carbonyl (C=O) groups excluding carboxylic acids is 3. The first-order valence-electron chi connectivity index (χ1n) is 14.0. The lowest BCUT2D eigenvalue weighted by atomic mass is 10.1. The van der Waals surface area contributed by atoms with Crippen molar-refractivity contribution in [2.45, 2.75) is 0 Å². The van der Waals surface area contributed by atoms with Crippen LogP contribution in [0, 0.1) is 0 Å². The molecule has 45 heavy (non-hydrogen) atoms. The van der Waals surface area contributed by atoms with Crippen LogP contribution in [0.25, 0.3) is 12.2 Å². The molecule has 0 spiro atoms. The summed E-state index contributed by atoms with van der Waals surface area (Å²) in [6, 6.07) is 26.2. The Kier molecular flexibility index (Phi) is 10.7. The quantitative estimate of drug-likeness (QED) is 0.149. The van der Waals surface area contributed by atoms with E-state index in [2.05, 4.69) is 10.6 Å². The van der Waals surface area contributed by atoms with Crippen molar-refractivity contribution in [1.82, 2.24) is 5.32 Å². The molecule has 4 aromatic carbocycles. The molecule has 2 amide bonds. The minimum atomic E-state index is -0.587. The van der Waals surface area contributed by atoms with Gasteiger partial charge in [-0.1, -0.05) is 36.4 Å². The van der Waals surface area contributed by atoms with Crippen molar-refractivity contribution in [1.29, 1.82) is 0 Å². The Morgan fingerprint density at radius 1 is 0.711 bits per heavy atom. The molecule has 9 nitrogen and oxygen atoms in total. The molecule has 0 aliphatic rings. The molecular formula is C36H35N3O6. The average molecular weight is 606 g/mol. The largest absolute Gasteiger partial charge is 0.496 e. The minimum absolute atomic E-state index is 0.0438. The molecule has 9 heteroatoms. The molecular weight excluding hydrogens is 570 g/mol. The number of hydrogen-bond acceptors (Lipinski definition) is 7. The zero-order valence-electron chi connectivity index (χ0n) is 25.8. The number of benzene rings is 4. The monoisotopic (exact) mass is 605 g/mol. The smallest absolute Gasteiger partial charge is 0.272 e. The maximum Gasteiger partial charge on any atom is 0.272 e. The van der Waals surface area contributed by atoms with Crippen molar-refractivity contribution in [2.24, 2.45) is 0 Å². The number of nitrogens with zero attached hydrogens (tertiary/aromatic N) is 1. The average Bonchev–Trinajstić information content (AvgIpc) is 3.07. The van der Waals surface area contributed by atoms with Crippen LogP contribution in [0.3, 0.4) is 0 Å². The topological polar surface area (TPSA) is 106 Å². The SMILES string of the molecule is COc1cc(OC)c(OC)cc1/C=C(\NC(=O)c1ccccc1)C(=O)Nc1ccc(C(=O)/C=C/c2ccc(N(C)C)cc2)cc1. The highest BCUT2D eigenvalue weighted by Gasteiger charge is 2.18. The maximum absolute atomic E-state index is 13.5. The summed E-state index contributed by atoms with van der Waals surface area (Å²) < 4.78 is 16.3. The summed E-state index contributed by atoms with van der Waals surface area (Å²) in [7, 11) is 8.42. The van der Waals surface area contributed by atoms with Gasteiger partial charge < -0.3 is 29.7 Å². The molecule has 0 heterocycles. The van der Waals surface area contributed by atoms with Crippen LogP contribution in [0.5, 0.6) is 17.2 Å². The van der Waals surface area contributed by atoms with E-state index < -0.39 is 11.8 Å². The van der Waals surface area contributed by atoms with Gasteiger partial charge in [0.05, 0.1) is 21.3 Å². The third-order valence-corrected chi connectivity index (χ3v) is 6.83. The van der Waals surface area contributed by atoms with Crippen molar-refractivity contribution in [2.75, 3.05) is 45.6 Å². The van der Waals surface area contributed by atoms with Crippen LogP contribution in [0.4, 0.5) is 11.4 Å². The predicted molar refractivity (Wildman–Crippen MR) is 177 cm³/mol. The van der Waals surface area contributed by atoms with Crippen molar-refractivity contribution in [3.8, 4) is 17.2 Å². The predicted octanol–water partition coefficient (Wildman–Crippen LogP) is 6.08. The number of methoxy groups -OCH3 is 3. The fourth-order valence-electron chi connectivity index (χ4n) is 4.33. The third-order valence-electron chi connectivity index (χ3n) is 6.83. The lowest BCUT2D eigenvalue weighted by Crippen LogP contribution is -2.30. The molecule has 230 valence electrons. The zero-order chi connectivity index (χ0) is 32.3. The molecule has 0 saturated heterocycles. The lowest BCUT2D eigenvalue weighted by Gasteiger charge is -2.15. The summed E-state index contributed by atoms with van der Waals surface area (Å²) in [6.07, 6.45) is 4.76. The van der Waals surface area contributed by atoms with E-state index in [9.17, 15) is 14.4 Å². The third kappa shape index (κ3) is 8.39. The van der Waals surface area contributed by atoms with E-state index in [4.69, 9.17) is 14.2 Å². The molecule has 0 unspecified atom stereocenters. The molecule has 2 N–H and O–H groups in total. The standard InChI is InChI=1S/C36H35N3O6/c1-39(2)29-18-11-24(12-19-29)13-20-31(40)25-14-16-28(17-15-25)37-36(42)30(38-35(41)26-9-7-6-8-10-26)21-27-22-33(44-4)34(45-5)23-32(27)43-3/h6-23H,1-5H3,(H,37,42)(H,38,41)/b20-13+,30-21-. The number of carbonyl (C=O) groups is 3. The number of ketones is 1. The summed E-state index contributed by atoms with van der Waals surface area (Å²) in [4.78, 5) is 41.4. The van der Waals surface area contributed by atoms with Gasteiger partial charge in [0.25, 0.3) is 11.8 Å². The number of anilines is 2. The number of nitrogens with one attached hydrogen (secondary N) is 2. The molecule has 0 aromatic heterocycles. The number of amides is 2. The van der Waals surface area contributed by atoms with Crippen molar-refractivity contribution < 1.29 is 28.6 Å². The summed E-state index contributed by atoms with van der Waals surface area (Å²) in [6.45, 7) is 0. The number of ether oxygens (including phenoxy) is 3. The van der Waals surface area contributed by atoms with Gasteiger partial charge in [0, 0.05) is 48.2 Å². The van der Waals surface area contributed by atoms with Gasteiger partial charge >= 0.3 is 0 Å². The Morgan fingerprint density at radius 2 is 1.33 bits per heavy atom. The van der Waals surface area contributed by atoms with E-state index in [1.807, 2.05) is 43.3 Å². The minimum Gasteiger partial charge on any atom is -0.496 e. The van der Waals surface area contributed by atoms with Gasteiger partial charge in [0.2, 0.25) is 0 Å². The first kappa shape index (κ1) is 32.1. The number of hydrogen-bond donors (Lipinski definition) is 2. The fraction of sp³-hybridized carbons (Fsp3) is 0.139. The molecule has 0 fully saturated rings. The molecule has 0 radical (unpaired) electrons. The molecule has 0 aliphatic carbocycles. The van der Waals surface area contributed by atoms with Crippen LogP contribution in [-0.2, 0) is 4.79 Å². The normalized spacial score (nSPS) is 11.1. The first-order chi connectivity index (χ1) is 21.7. The Hall–Kier alpha value is -5.83. The van der Waals surface area contributed by atoms with Gasteiger partial charge in [-0.15, -0.1) is 0 Å². The van der Waals surface area contributed by atoms with Crippen LogP contribution >= 0.6 is 0 Å². The van der Waals surface area contributed by atoms with E-state index in [0.29, 0.717) is 39.6 Å². The molecule has 0 atom stereocenters. The van der Waals surface area contributed by atoms with Gasteiger partial charge in [-0.25, -0.2) is 0 Å². The van der Waals surface area contributed by atoms with E-state index in [-0.39, 0.29) is 11.5 Å². The van der Waals surface area contributed by atoms with Crippen molar-refractivity contribution in [3.05, 3.63) is 125 Å². The highest BCUT2D eigenvalue weighted by Crippen LogP contribution is 2.35. The molecule has 0 aliphatic heterocycles. The van der Waals surface area contributed by atoms with Crippen LogP contribution in [0.1, 0.15) is 31.8 Å². The second-order valence-corrected chi connectivity index (χ2v) is 10.0. The molecule has 0 bridgehead atoms.